The van der Waals surface area contributed by atoms with Crippen molar-refractivity contribution in [1.82, 2.24) is 0 Å². The van der Waals surface area contributed by atoms with Gasteiger partial charge < -0.3 is 9.53 Å². The van der Waals surface area contributed by atoms with Gasteiger partial charge in [-0.3, -0.25) is 19.5 Å². The lowest BCUT2D eigenvalue weighted by Crippen LogP contribution is -2.14. The molecule has 0 aliphatic rings. The third-order valence-electron chi connectivity index (χ3n) is 2.21. The van der Waals surface area contributed by atoms with Crippen molar-refractivity contribution in [3.8, 4) is 5.75 Å². The first-order valence-corrected chi connectivity index (χ1v) is 6.55. The van der Waals surface area contributed by atoms with E-state index >= 15 is 0 Å². The molecule has 0 heterocycles. The highest BCUT2D eigenvalue weighted by Crippen LogP contribution is 2.31. The van der Waals surface area contributed by atoms with Crippen molar-refractivity contribution in [2.45, 2.75) is 12.2 Å². The molecule has 0 saturated heterocycles. The Morgan fingerprint density at radius 1 is 1.50 bits per heavy atom. The normalized spacial score (nSPS) is 12.5. The number of esters is 1. The Kier molecular flexibility index (Phi) is 4.53. The van der Waals surface area contributed by atoms with Gasteiger partial charge in [0.2, 0.25) is 5.75 Å². The lowest BCUT2D eigenvalue weighted by Gasteiger charge is -2.09. The topological polar surface area (TPSA) is 141 Å². The zero-order chi connectivity index (χ0) is 15.5. The van der Waals surface area contributed by atoms with Gasteiger partial charge in [-0.2, -0.15) is 8.42 Å². The maximum Gasteiger partial charge on any atom is 0.312 e. The van der Waals surface area contributed by atoms with E-state index in [1.54, 1.807) is 0 Å². The summed E-state index contributed by atoms with van der Waals surface area (Å²) in [7, 11) is -4.74. The minimum absolute atomic E-state index is 0.0695. The van der Waals surface area contributed by atoms with E-state index in [1.807, 2.05) is 0 Å². The van der Waals surface area contributed by atoms with E-state index in [0.29, 0.717) is 0 Å². The minimum Gasteiger partial charge on any atom is -0.419 e. The molecule has 0 amide bonds. The van der Waals surface area contributed by atoms with Gasteiger partial charge in [-0.25, -0.2) is 0 Å². The number of aldehydes is 1. The molecule has 0 radical (unpaired) electrons. The van der Waals surface area contributed by atoms with Gasteiger partial charge in [0.15, 0.2) is 5.25 Å². The van der Waals surface area contributed by atoms with Gasteiger partial charge in [-0.1, -0.05) is 6.07 Å². The molecule has 0 fully saturated rings. The second-order valence-electron chi connectivity index (χ2n) is 3.65. The summed E-state index contributed by atoms with van der Waals surface area (Å²) < 4.78 is 35.4. The third-order valence-corrected chi connectivity index (χ3v) is 3.23. The molecule has 10 heteroatoms. The molecule has 0 spiro atoms. The quantitative estimate of drug-likeness (QED) is 0.209. The maximum atomic E-state index is 11.0. The Morgan fingerprint density at radius 2 is 2.10 bits per heavy atom. The Morgan fingerprint density at radius 3 is 2.50 bits per heavy atom. The summed E-state index contributed by atoms with van der Waals surface area (Å²) in [5.74, 6) is -1.20. The lowest BCUT2D eigenvalue weighted by molar-refractivity contribution is -0.385. The Hall–Kier alpha value is -2.33. The summed E-state index contributed by atoms with van der Waals surface area (Å²) >= 11 is 0. The zero-order valence-electron chi connectivity index (χ0n) is 10.0. The smallest absolute Gasteiger partial charge is 0.312 e. The van der Waals surface area contributed by atoms with Gasteiger partial charge in [0.25, 0.3) is 10.1 Å². The number of nitro benzene ring substituents is 1. The number of nitro groups is 1. The van der Waals surface area contributed by atoms with Crippen LogP contribution in [0.5, 0.6) is 5.75 Å². The predicted octanol–water partition coefficient (Wildman–Crippen LogP) is 0.648. The second-order valence-corrected chi connectivity index (χ2v) is 5.19. The summed E-state index contributed by atoms with van der Waals surface area (Å²) in [4.78, 5) is 31.4. The molecule has 1 atom stereocenters. The number of ether oxygens (including phenoxy) is 1. The minimum atomic E-state index is -4.74. The Bertz CT molecular complexity index is 666. The molecule has 0 saturated carbocycles. The van der Waals surface area contributed by atoms with Crippen LogP contribution >= 0.6 is 0 Å². The van der Waals surface area contributed by atoms with Crippen molar-refractivity contribution in [2.24, 2.45) is 0 Å². The fourth-order valence-electron chi connectivity index (χ4n) is 1.42. The molecule has 9 nitrogen and oxygen atoms in total. The number of hydrogen-bond acceptors (Lipinski definition) is 7. The molecule has 0 aliphatic carbocycles. The van der Waals surface area contributed by atoms with Gasteiger partial charge in [0, 0.05) is 13.0 Å². The molecule has 1 aromatic carbocycles. The SMILES string of the molecule is CC(=O)Oc1ccc(C(C=O)S(=O)(=O)O)cc1[N+](=O)[O-]. The van der Waals surface area contributed by atoms with E-state index < -0.39 is 37.7 Å². The van der Waals surface area contributed by atoms with Gasteiger partial charge >= 0.3 is 11.7 Å². The summed E-state index contributed by atoms with van der Waals surface area (Å²) in [6, 6.07) is 2.74. The van der Waals surface area contributed by atoms with Crippen LogP contribution in [0.4, 0.5) is 5.69 Å². The molecule has 0 aliphatic heterocycles. The first-order valence-electron chi connectivity index (χ1n) is 5.05. The summed E-state index contributed by atoms with van der Waals surface area (Å²) in [5, 5.41) is 8.88. The summed E-state index contributed by atoms with van der Waals surface area (Å²) in [6.07, 6.45) is -0.0695. The Labute approximate surface area is 113 Å². The Balaban J connectivity index is 3.40. The first kappa shape index (κ1) is 15.7. The highest BCUT2D eigenvalue weighted by Gasteiger charge is 2.28. The van der Waals surface area contributed by atoms with Crippen LogP contribution in [0.2, 0.25) is 0 Å². The van der Waals surface area contributed by atoms with E-state index in [1.165, 1.54) is 0 Å². The van der Waals surface area contributed by atoms with Gasteiger partial charge in [-0.15, -0.1) is 0 Å². The molecule has 1 aromatic rings. The average Bonchev–Trinajstić information content (AvgIpc) is 2.28. The first-order chi connectivity index (χ1) is 9.16. The lowest BCUT2D eigenvalue weighted by atomic mass is 10.1. The van der Waals surface area contributed by atoms with Crippen LogP contribution in [0.15, 0.2) is 18.2 Å². The van der Waals surface area contributed by atoms with E-state index in [2.05, 4.69) is 4.74 Å². The largest absolute Gasteiger partial charge is 0.419 e. The molecular formula is C10H9NO8S. The van der Waals surface area contributed by atoms with E-state index in [0.717, 1.165) is 25.1 Å². The fraction of sp³-hybridized carbons (Fsp3) is 0.200. The van der Waals surface area contributed by atoms with Crippen LogP contribution in [0, 0.1) is 10.1 Å². The van der Waals surface area contributed by atoms with Crippen molar-refractivity contribution < 1.29 is 32.2 Å². The highest BCUT2D eigenvalue weighted by molar-refractivity contribution is 7.86. The molecular weight excluding hydrogens is 294 g/mol. The van der Waals surface area contributed by atoms with Crippen molar-refractivity contribution in [2.75, 3.05) is 0 Å². The molecule has 20 heavy (non-hydrogen) atoms. The fourth-order valence-corrected chi connectivity index (χ4v) is 2.05. The van der Waals surface area contributed by atoms with Gasteiger partial charge in [-0.05, 0) is 11.6 Å². The van der Waals surface area contributed by atoms with Gasteiger partial charge in [0.05, 0.1) is 4.92 Å². The second kappa shape index (κ2) is 5.75. The predicted molar refractivity (Wildman–Crippen MR) is 64.8 cm³/mol. The van der Waals surface area contributed by atoms with Crippen molar-refractivity contribution >= 4 is 28.1 Å². The van der Waals surface area contributed by atoms with E-state index in [4.69, 9.17) is 4.55 Å². The van der Waals surface area contributed by atoms with Crippen molar-refractivity contribution in [1.29, 1.82) is 0 Å². The van der Waals surface area contributed by atoms with Crippen LogP contribution in [-0.2, 0) is 19.7 Å². The number of carbonyl (C=O) groups excluding carboxylic acids is 2. The number of rotatable bonds is 5. The highest BCUT2D eigenvalue weighted by atomic mass is 32.2. The van der Waals surface area contributed by atoms with Crippen LogP contribution in [0.1, 0.15) is 17.7 Å². The monoisotopic (exact) mass is 303 g/mol. The number of hydrogen-bond donors (Lipinski definition) is 1. The average molecular weight is 303 g/mol. The zero-order valence-corrected chi connectivity index (χ0v) is 10.9. The van der Waals surface area contributed by atoms with Crippen LogP contribution < -0.4 is 4.74 Å². The molecule has 0 aromatic heterocycles. The standard InChI is InChI=1S/C10H9NO8S/c1-6(13)19-9-3-2-7(4-8(9)11(14)15)10(5-12)20(16,17)18/h2-5,10H,1H3,(H,16,17,18). The number of benzene rings is 1. The van der Waals surface area contributed by atoms with Crippen LogP contribution in [-0.4, -0.2) is 30.1 Å². The van der Waals surface area contributed by atoms with Crippen LogP contribution in [0.3, 0.4) is 0 Å². The van der Waals surface area contributed by atoms with E-state index in [9.17, 15) is 28.1 Å². The van der Waals surface area contributed by atoms with Crippen LogP contribution in [0.25, 0.3) is 0 Å². The number of carbonyl (C=O) groups is 2. The molecule has 1 N–H and O–H groups in total. The third kappa shape index (κ3) is 3.59. The van der Waals surface area contributed by atoms with Crippen molar-refractivity contribution in [3.05, 3.63) is 33.9 Å². The molecule has 1 rings (SSSR count). The van der Waals surface area contributed by atoms with Gasteiger partial charge in [0.1, 0.15) is 6.29 Å². The summed E-state index contributed by atoms with van der Waals surface area (Å²) in [6.45, 7) is 1.03. The molecule has 1 unspecified atom stereocenters. The molecule has 108 valence electrons. The van der Waals surface area contributed by atoms with E-state index in [-0.39, 0.29) is 11.8 Å². The van der Waals surface area contributed by atoms with Crippen molar-refractivity contribution in [3.63, 3.8) is 0 Å². The maximum absolute atomic E-state index is 11.0. The number of nitrogens with zero attached hydrogens (tertiary/aromatic N) is 1. The molecule has 0 bridgehead atoms. The summed E-state index contributed by atoms with van der Waals surface area (Å²) in [5.41, 5.74) is -1.02.